The Hall–Kier alpha value is -2.51. The van der Waals surface area contributed by atoms with E-state index in [9.17, 15) is 20.2 Å². The van der Waals surface area contributed by atoms with Crippen molar-refractivity contribution in [2.45, 2.75) is 0 Å². The molecule has 13 heteroatoms. The molecule has 1 aromatic rings. The topological polar surface area (TPSA) is 176 Å². The molecule has 0 aliphatic carbocycles. The van der Waals surface area contributed by atoms with Crippen LogP contribution < -0.4 is 5.43 Å². The average Bonchev–Trinajstić information content (AvgIpc) is 2.24. The summed E-state index contributed by atoms with van der Waals surface area (Å²) < 4.78 is 31.6. The van der Waals surface area contributed by atoms with Gasteiger partial charge in [0.1, 0.15) is 0 Å². The molecule has 19 heavy (non-hydrogen) atoms. The zero-order valence-corrected chi connectivity index (χ0v) is 9.80. The molecule has 12 nitrogen and oxygen atoms in total. The molecule has 0 spiro atoms. The summed E-state index contributed by atoms with van der Waals surface area (Å²) in [6, 6.07) is 7.83. The van der Waals surface area contributed by atoms with Gasteiger partial charge in [-0.15, -0.1) is 0 Å². The highest BCUT2D eigenvalue weighted by Crippen LogP contribution is 2.06. The van der Waals surface area contributed by atoms with E-state index in [1.807, 2.05) is 5.43 Å². The molecule has 0 amide bonds. The van der Waals surface area contributed by atoms with Crippen LogP contribution in [0, 0.1) is 20.2 Å². The Morgan fingerprint density at radius 3 is 1.74 bits per heavy atom. The van der Waals surface area contributed by atoms with Gasteiger partial charge in [-0.05, 0) is 12.1 Å². The van der Waals surface area contributed by atoms with Crippen LogP contribution in [0.2, 0.25) is 0 Å². The maximum atomic E-state index is 10.2. The number of hydrogen-bond donors (Lipinski definition) is 3. The first-order valence-corrected chi connectivity index (χ1v) is 5.61. The molecule has 0 unspecified atom stereocenters. The van der Waals surface area contributed by atoms with E-state index in [2.05, 4.69) is 0 Å². The molecule has 0 radical (unpaired) electrons. The zero-order valence-electron chi connectivity index (χ0n) is 8.98. The van der Waals surface area contributed by atoms with Crippen molar-refractivity contribution in [3.05, 3.63) is 50.6 Å². The van der Waals surface area contributed by atoms with Gasteiger partial charge in [0.2, 0.25) is 10.1 Å². The van der Waals surface area contributed by atoms with Gasteiger partial charge >= 0.3 is 10.4 Å². The fourth-order valence-corrected chi connectivity index (χ4v) is 0.769. The number of hydrazine groups is 3. The second kappa shape index (κ2) is 7.04. The van der Waals surface area contributed by atoms with Crippen molar-refractivity contribution < 1.29 is 27.6 Å². The maximum absolute atomic E-state index is 10.2. The molecule has 0 saturated carbocycles. The highest BCUT2D eigenvalue weighted by atomic mass is 32.3. The van der Waals surface area contributed by atoms with Gasteiger partial charge in [-0.2, -0.15) is 13.8 Å². The van der Waals surface area contributed by atoms with Gasteiger partial charge in [0, 0.05) is 0 Å². The van der Waals surface area contributed by atoms with E-state index >= 15 is 0 Å². The molecule has 0 saturated heterocycles. The number of anilines is 1. The lowest BCUT2D eigenvalue weighted by Gasteiger charge is -2.04. The number of nitro groups is 2. The van der Waals surface area contributed by atoms with Crippen molar-refractivity contribution >= 4 is 16.1 Å². The number of para-hydroxylation sites is 1. The van der Waals surface area contributed by atoms with E-state index in [1.54, 1.807) is 18.2 Å². The van der Waals surface area contributed by atoms with E-state index in [4.69, 9.17) is 17.5 Å². The van der Waals surface area contributed by atoms with E-state index in [0.29, 0.717) is 0 Å². The average molecular weight is 296 g/mol. The Balaban J connectivity index is 0.000000555. The normalized spacial score (nSPS) is 9.79. The van der Waals surface area contributed by atoms with Crippen LogP contribution in [0.15, 0.2) is 30.3 Å². The second-order valence-corrected chi connectivity index (χ2v) is 3.59. The minimum absolute atomic E-state index is 0.265. The first-order chi connectivity index (χ1) is 8.61. The molecule has 1 aromatic carbocycles. The summed E-state index contributed by atoms with van der Waals surface area (Å²) >= 11 is 0. The molecule has 0 aliphatic rings. The third kappa shape index (κ3) is 9.22. The van der Waals surface area contributed by atoms with Crippen LogP contribution in [0.1, 0.15) is 0 Å². The molecule has 0 fully saturated rings. The minimum atomic E-state index is -4.67. The van der Waals surface area contributed by atoms with Crippen molar-refractivity contribution in [3.8, 4) is 0 Å². The Bertz CT molecular complexity index is 509. The largest absolute Gasteiger partial charge is 0.394 e. The molecular formula is C6H8N4O8S. The molecule has 0 aliphatic heterocycles. The van der Waals surface area contributed by atoms with Crippen LogP contribution in [0.5, 0.6) is 0 Å². The van der Waals surface area contributed by atoms with Gasteiger partial charge in [-0.3, -0.25) is 9.11 Å². The van der Waals surface area contributed by atoms with Crippen molar-refractivity contribution in [1.29, 1.82) is 0 Å². The van der Waals surface area contributed by atoms with Crippen molar-refractivity contribution in [3.63, 3.8) is 0 Å². The summed E-state index contributed by atoms with van der Waals surface area (Å²) in [7, 11) is -4.67. The molecule has 0 aromatic heterocycles. The summed E-state index contributed by atoms with van der Waals surface area (Å²) in [5.41, 5.74) is 2.28. The molecule has 1 rings (SSSR count). The van der Waals surface area contributed by atoms with Gasteiger partial charge in [-0.1, -0.05) is 18.2 Å². The SMILES string of the molecule is O=S(=O)(O)O.O=[N+]([O-])N(Nc1ccccc1)[N+](=O)[O-]. The number of benzene rings is 1. The number of nitrogens with zero attached hydrogens (tertiary/aromatic N) is 3. The van der Waals surface area contributed by atoms with Crippen LogP contribution in [0.4, 0.5) is 5.69 Å². The predicted octanol–water partition coefficient (Wildman–Crippen LogP) is 0.0461. The van der Waals surface area contributed by atoms with Crippen LogP contribution in [-0.2, 0) is 10.4 Å². The molecule has 0 heterocycles. The summed E-state index contributed by atoms with van der Waals surface area (Å²) in [5.74, 6) is 0. The Labute approximate surface area is 106 Å². The van der Waals surface area contributed by atoms with Gasteiger partial charge in [-0.25, -0.2) is 20.2 Å². The Kier molecular flexibility index (Phi) is 6.11. The fourth-order valence-electron chi connectivity index (χ4n) is 0.769. The molecule has 3 N–H and O–H groups in total. The number of rotatable bonds is 4. The summed E-state index contributed by atoms with van der Waals surface area (Å²) in [6.45, 7) is 0. The summed E-state index contributed by atoms with van der Waals surface area (Å²) in [4.78, 5) is 20.3. The third-order valence-corrected chi connectivity index (χ3v) is 1.31. The lowest BCUT2D eigenvalue weighted by molar-refractivity contribution is -0.900. The minimum Gasteiger partial charge on any atom is -0.264 e. The first-order valence-electron chi connectivity index (χ1n) is 4.21. The Morgan fingerprint density at radius 1 is 1.05 bits per heavy atom. The number of nitrogens with one attached hydrogen (secondary N) is 1. The van der Waals surface area contributed by atoms with E-state index < -0.39 is 20.5 Å². The van der Waals surface area contributed by atoms with E-state index in [-0.39, 0.29) is 10.9 Å². The lowest BCUT2D eigenvalue weighted by Crippen LogP contribution is -2.40. The molecule has 0 bridgehead atoms. The van der Waals surface area contributed by atoms with E-state index in [1.165, 1.54) is 12.1 Å². The maximum Gasteiger partial charge on any atom is 0.394 e. The lowest BCUT2D eigenvalue weighted by atomic mass is 10.3. The van der Waals surface area contributed by atoms with Gasteiger partial charge < -0.3 is 0 Å². The van der Waals surface area contributed by atoms with Crippen LogP contribution in [0.25, 0.3) is 0 Å². The van der Waals surface area contributed by atoms with Gasteiger partial charge in [0.05, 0.1) is 5.69 Å². The second-order valence-electron chi connectivity index (χ2n) is 2.69. The zero-order chi connectivity index (χ0) is 15.1. The van der Waals surface area contributed by atoms with Crippen LogP contribution in [0.3, 0.4) is 0 Å². The van der Waals surface area contributed by atoms with E-state index in [0.717, 1.165) is 0 Å². The third-order valence-electron chi connectivity index (χ3n) is 1.31. The van der Waals surface area contributed by atoms with Crippen LogP contribution >= 0.6 is 0 Å². The number of hydrogen-bond acceptors (Lipinski definition) is 7. The smallest absolute Gasteiger partial charge is 0.264 e. The van der Waals surface area contributed by atoms with Crippen molar-refractivity contribution in [1.82, 2.24) is 5.23 Å². The summed E-state index contributed by atoms with van der Waals surface area (Å²) in [5, 5.41) is 17.7. The summed E-state index contributed by atoms with van der Waals surface area (Å²) in [6.07, 6.45) is 0. The molecule has 106 valence electrons. The van der Waals surface area contributed by atoms with Gasteiger partial charge in [0.15, 0.2) is 0 Å². The highest BCUT2D eigenvalue weighted by Gasteiger charge is 2.27. The van der Waals surface area contributed by atoms with Gasteiger partial charge in [0.25, 0.3) is 5.23 Å². The predicted molar refractivity (Wildman–Crippen MR) is 60.1 cm³/mol. The van der Waals surface area contributed by atoms with Crippen molar-refractivity contribution in [2.75, 3.05) is 5.43 Å². The molecular weight excluding hydrogens is 288 g/mol. The molecule has 0 atom stereocenters. The quantitative estimate of drug-likeness (QED) is 0.390. The highest BCUT2D eigenvalue weighted by molar-refractivity contribution is 7.79. The fraction of sp³-hybridized carbons (Fsp3) is 0. The van der Waals surface area contributed by atoms with Crippen molar-refractivity contribution in [2.24, 2.45) is 0 Å². The standard InChI is InChI=1S/C6H6N4O4.H2O4S/c11-9(12)8(10(13)14)7-6-4-2-1-3-5-6;1-5(2,3)4/h1-5,7H;(H2,1,2,3,4). The first kappa shape index (κ1) is 16.5. The van der Waals surface area contributed by atoms with Crippen LogP contribution in [-0.4, -0.2) is 32.8 Å². The monoisotopic (exact) mass is 296 g/mol. The Morgan fingerprint density at radius 2 is 1.42 bits per heavy atom.